The first-order valence-corrected chi connectivity index (χ1v) is 6.54. The van der Waals surface area contributed by atoms with Crippen LogP contribution in [-0.4, -0.2) is 18.2 Å². The summed E-state index contributed by atoms with van der Waals surface area (Å²) in [4.78, 5) is 0. The lowest BCUT2D eigenvalue weighted by Gasteiger charge is -2.23. The van der Waals surface area contributed by atoms with Crippen molar-refractivity contribution in [2.24, 2.45) is 5.84 Å². The minimum absolute atomic E-state index is 0.0309. The Morgan fingerprint density at radius 3 is 2.94 bits per heavy atom. The number of rotatable bonds is 4. The Hall–Kier alpha value is -0.680. The van der Waals surface area contributed by atoms with E-state index in [9.17, 15) is 4.39 Å². The quantitative estimate of drug-likeness (QED) is 0.654. The molecule has 0 aliphatic carbocycles. The minimum atomic E-state index is -0.370. The highest BCUT2D eigenvalue weighted by molar-refractivity contribution is 6.30. The van der Waals surface area contributed by atoms with Crippen LogP contribution in [0.15, 0.2) is 18.2 Å². The third kappa shape index (κ3) is 3.01. The normalized spacial score (nSPS) is 25.3. The maximum absolute atomic E-state index is 13.8. The van der Waals surface area contributed by atoms with Crippen LogP contribution in [0, 0.1) is 5.82 Å². The van der Waals surface area contributed by atoms with E-state index in [1.165, 1.54) is 0 Å². The maximum Gasteiger partial charge on any atom is 0.145 e. The summed E-state index contributed by atoms with van der Waals surface area (Å²) in [6.45, 7) is 2.04. The third-order valence-corrected chi connectivity index (χ3v) is 3.69. The van der Waals surface area contributed by atoms with Crippen molar-refractivity contribution in [2.75, 3.05) is 0 Å². The molecule has 0 spiro atoms. The number of hydrazine groups is 1. The Bertz CT molecular complexity index is 416. The van der Waals surface area contributed by atoms with Gasteiger partial charge in [0.1, 0.15) is 5.82 Å². The second-order valence-corrected chi connectivity index (χ2v) is 5.16. The summed E-state index contributed by atoms with van der Waals surface area (Å²) in [6.07, 6.45) is 2.71. The zero-order valence-electron chi connectivity index (χ0n) is 10.3. The van der Waals surface area contributed by atoms with Crippen molar-refractivity contribution in [1.29, 1.82) is 0 Å². The average Bonchev–Trinajstić information content (AvgIpc) is 2.78. The maximum atomic E-state index is 13.8. The molecular weight excluding hydrogens is 255 g/mol. The number of nitrogens with one attached hydrogen (secondary N) is 1. The molecule has 3 unspecified atom stereocenters. The van der Waals surface area contributed by atoms with Crippen molar-refractivity contribution in [1.82, 2.24) is 5.43 Å². The van der Waals surface area contributed by atoms with Crippen molar-refractivity contribution in [3.63, 3.8) is 0 Å². The molecule has 5 heteroatoms. The number of halogens is 2. The molecule has 2 rings (SSSR count). The van der Waals surface area contributed by atoms with E-state index in [0.717, 1.165) is 12.8 Å². The molecule has 1 aromatic rings. The monoisotopic (exact) mass is 272 g/mol. The first-order chi connectivity index (χ1) is 8.61. The lowest BCUT2D eigenvalue weighted by Crippen LogP contribution is -2.45. The van der Waals surface area contributed by atoms with Crippen LogP contribution in [0.25, 0.3) is 0 Å². The van der Waals surface area contributed by atoms with Gasteiger partial charge in [-0.05, 0) is 37.8 Å². The van der Waals surface area contributed by atoms with Gasteiger partial charge in [-0.1, -0.05) is 23.7 Å². The van der Waals surface area contributed by atoms with E-state index >= 15 is 0 Å². The van der Waals surface area contributed by atoms with Crippen LogP contribution in [-0.2, 0) is 11.2 Å². The summed E-state index contributed by atoms with van der Waals surface area (Å²) in [5.74, 6) is 5.18. The Balaban J connectivity index is 2.08. The smallest absolute Gasteiger partial charge is 0.145 e. The van der Waals surface area contributed by atoms with Crippen LogP contribution < -0.4 is 11.3 Å². The fourth-order valence-electron chi connectivity index (χ4n) is 2.37. The molecule has 1 saturated heterocycles. The van der Waals surface area contributed by atoms with Crippen LogP contribution in [0.4, 0.5) is 4.39 Å². The van der Waals surface area contributed by atoms with E-state index in [4.69, 9.17) is 22.2 Å². The van der Waals surface area contributed by atoms with Gasteiger partial charge in [-0.15, -0.1) is 0 Å². The fraction of sp³-hybridized carbons (Fsp3) is 0.538. The SMILES string of the molecule is CC1CCC(C(Cc2cccc(Cl)c2F)NN)O1. The molecule has 3 atom stereocenters. The number of hydrogen-bond acceptors (Lipinski definition) is 3. The summed E-state index contributed by atoms with van der Waals surface area (Å²) >= 11 is 5.77. The topological polar surface area (TPSA) is 47.3 Å². The van der Waals surface area contributed by atoms with Gasteiger partial charge in [-0.3, -0.25) is 11.3 Å². The summed E-state index contributed by atoms with van der Waals surface area (Å²) in [6, 6.07) is 4.92. The molecule has 0 radical (unpaired) electrons. The predicted molar refractivity (Wildman–Crippen MR) is 69.8 cm³/mol. The average molecular weight is 273 g/mol. The summed E-state index contributed by atoms with van der Waals surface area (Å²) in [5, 5.41) is 0.143. The second kappa shape index (κ2) is 5.97. The largest absolute Gasteiger partial charge is 0.374 e. The van der Waals surface area contributed by atoms with Crippen LogP contribution >= 0.6 is 11.6 Å². The molecule has 1 aromatic carbocycles. The third-order valence-electron chi connectivity index (χ3n) is 3.40. The molecule has 0 aromatic heterocycles. The molecule has 1 aliphatic heterocycles. The zero-order chi connectivity index (χ0) is 13.1. The van der Waals surface area contributed by atoms with Crippen LogP contribution in [0.1, 0.15) is 25.3 Å². The van der Waals surface area contributed by atoms with Gasteiger partial charge in [0.15, 0.2) is 0 Å². The zero-order valence-corrected chi connectivity index (χ0v) is 11.1. The van der Waals surface area contributed by atoms with Crippen molar-refractivity contribution < 1.29 is 9.13 Å². The molecular formula is C13H18ClFN2O. The Morgan fingerprint density at radius 1 is 1.56 bits per heavy atom. The van der Waals surface area contributed by atoms with Gasteiger partial charge < -0.3 is 4.74 Å². The van der Waals surface area contributed by atoms with Gasteiger partial charge in [0.25, 0.3) is 0 Å². The minimum Gasteiger partial charge on any atom is -0.374 e. The summed E-state index contributed by atoms with van der Waals surface area (Å²) in [5.41, 5.74) is 3.29. The Morgan fingerprint density at radius 2 is 2.33 bits per heavy atom. The molecule has 3 N–H and O–H groups in total. The molecule has 1 heterocycles. The van der Waals surface area contributed by atoms with Crippen LogP contribution in [0.3, 0.4) is 0 Å². The van der Waals surface area contributed by atoms with E-state index < -0.39 is 0 Å². The molecule has 0 amide bonds. The van der Waals surface area contributed by atoms with E-state index in [1.54, 1.807) is 18.2 Å². The number of ether oxygens (including phenoxy) is 1. The Labute approximate surface area is 111 Å². The Kier molecular flexibility index (Phi) is 4.56. The lowest BCUT2D eigenvalue weighted by molar-refractivity contribution is 0.0319. The summed E-state index contributed by atoms with van der Waals surface area (Å²) < 4.78 is 19.6. The second-order valence-electron chi connectivity index (χ2n) is 4.75. The number of nitrogens with two attached hydrogens (primary N) is 1. The molecule has 1 fully saturated rings. The van der Waals surface area contributed by atoms with Crippen molar-refractivity contribution in [2.45, 2.75) is 44.4 Å². The van der Waals surface area contributed by atoms with Gasteiger partial charge in [-0.2, -0.15) is 0 Å². The van der Waals surface area contributed by atoms with Gasteiger partial charge >= 0.3 is 0 Å². The lowest BCUT2D eigenvalue weighted by atomic mass is 9.99. The molecule has 0 bridgehead atoms. The van der Waals surface area contributed by atoms with E-state index in [0.29, 0.717) is 12.0 Å². The highest BCUT2D eigenvalue weighted by Crippen LogP contribution is 2.25. The number of benzene rings is 1. The standard InChI is InChI=1S/C13H18ClFN2O/c1-8-5-6-12(18-8)11(17-16)7-9-3-2-4-10(14)13(9)15/h2-4,8,11-12,17H,5-7,16H2,1H3. The van der Waals surface area contributed by atoms with Gasteiger partial charge in [0.05, 0.1) is 23.3 Å². The van der Waals surface area contributed by atoms with Crippen LogP contribution in [0.2, 0.25) is 5.02 Å². The highest BCUT2D eigenvalue weighted by Gasteiger charge is 2.29. The molecule has 3 nitrogen and oxygen atoms in total. The van der Waals surface area contributed by atoms with Crippen molar-refractivity contribution in [3.05, 3.63) is 34.6 Å². The first-order valence-electron chi connectivity index (χ1n) is 6.16. The van der Waals surface area contributed by atoms with Gasteiger partial charge in [-0.25, -0.2) is 4.39 Å². The van der Waals surface area contributed by atoms with Gasteiger partial charge in [0, 0.05) is 0 Å². The highest BCUT2D eigenvalue weighted by atomic mass is 35.5. The molecule has 100 valence electrons. The van der Waals surface area contributed by atoms with Gasteiger partial charge in [0.2, 0.25) is 0 Å². The summed E-state index contributed by atoms with van der Waals surface area (Å²) in [7, 11) is 0. The number of hydrogen-bond donors (Lipinski definition) is 2. The van der Waals surface area contributed by atoms with E-state index in [2.05, 4.69) is 5.43 Å². The fourth-order valence-corrected chi connectivity index (χ4v) is 2.56. The first kappa shape index (κ1) is 13.7. The van der Waals surface area contributed by atoms with E-state index in [-0.39, 0.29) is 29.1 Å². The van der Waals surface area contributed by atoms with Crippen LogP contribution in [0.5, 0.6) is 0 Å². The van der Waals surface area contributed by atoms with E-state index in [1.807, 2.05) is 6.92 Å². The van der Waals surface area contributed by atoms with Crippen molar-refractivity contribution in [3.8, 4) is 0 Å². The molecule has 18 heavy (non-hydrogen) atoms. The predicted octanol–water partition coefficient (Wildman–Crippen LogP) is 2.42. The molecule has 1 aliphatic rings. The molecule has 0 saturated carbocycles. The van der Waals surface area contributed by atoms with Crippen molar-refractivity contribution >= 4 is 11.6 Å².